The number of fused-ring (bicyclic) bond motifs is 1. The van der Waals surface area contributed by atoms with Gasteiger partial charge >= 0.3 is 0 Å². The summed E-state index contributed by atoms with van der Waals surface area (Å²) in [5.41, 5.74) is 2.17. The SMILES string of the molecule is CCc1[nH]c2nc(Sc3cccnc3)nc(NC)c2c1C=O. The van der Waals surface area contributed by atoms with Gasteiger partial charge in [-0.1, -0.05) is 6.92 Å². The minimum atomic E-state index is 0.603. The van der Waals surface area contributed by atoms with Gasteiger partial charge in [0.25, 0.3) is 0 Å². The van der Waals surface area contributed by atoms with E-state index in [1.807, 2.05) is 19.1 Å². The Balaban J connectivity index is 2.12. The summed E-state index contributed by atoms with van der Waals surface area (Å²) in [7, 11) is 1.79. The molecule has 0 atom stereocenters. The number of aryl methyl sites for hydroxylation is 1. The molecule has 0 aliphatic carbocycles. The van der Waals surface area contributed by atoms with Crippen LogP contribution in [0.15, 0.2) is 34.6 Å². The fourth-order valence-electron chi connectivity index (χ4n) is 2.30. The van der Waals surface area contributed by atoms with Gasteiger partial charge in [0.15, 0.2) is 11.4 Å². The first kappa shape index (κ1) is 14.5. The molecule has 0 bridgehead atoms. The van der Waals surface area contributed by atoms with E-state index in [-0.39, 0.29) is 0 Å². The van der Waals surface area contributed by atoms with E-state index in [4.69, 9.17) is 0 Å². The van der Waals surface area contributed by atoms with E-state index in [1.165, 1.54) is 11.8 Å². The van der Waals surface area contributed by atoms with Gasteiger partial charge in [-0.2, -0.15) is 0 Å². The topological polar surface area (TPSA) is 83.6 Å². The van der Waals surface area contributed by atoms with Crippen molar-refractivity contribution in [1.29, 1.82) is 0 Å². The number of aromatic nitrogens is 4. The smallest absolute Gasteiger partial charge is 0.196 e. The summed E-state index contributed by atoms with van der Waals surface area (Å²) in [6, 6.07) is 3.82. The predicted octanol–water partition coefficient (Wildman–Crippen LogP) is 2.92. The van der Waals surface area contributed by atoms with Gasteiger partial charge in [-0.15, -0.1) is 0 Å². The van der Waals surface area contributed by atoms with Gasteiger partial charge in [0, 0.05) is 35.6 Å². The second-order valence-corrected chi connectivity index (χ2v) is 5.65. The first-order valence-electron chi connectivity index (χ1n) is 6.90. The molecule has 6 nitrogen and oxygen atoms in total. The molecule has 2 N–H and O–H groups in total. The average molecular weight is 313 g/mol. The molecule has 3 rings (SSSR count). The van der Waals surface area contributed by atoms with E-state index in [9.17, 15) is 4.79 Å². The summed E-state index contributed by atoms with van der Waals surface area (Å²) in [4.78, 5) is 28.7. The highest BCUT2D eigenvalue weighted by molar-refractivity contribution is 7.99. The molecule has 3 aromatic rings. The van der Waals surface area contributed by atoms with Crippen molar-refractivity contribution in [3.8, 4) is 0 Å². The van der Waals surface area contributed by atoms with Gasteiger partial charge < -0.3 is 10.3 Å². The lowest BCUT2D eigenvalue weighted by atomic mass is 10.1. The Morgan fingerprint density at radius 2 is 2.27 bits per heavy atom. The number of aldehydes is 1. The van der Waals surface area contributed by atoms with Crippen molar-refractivity contribution in [3.63, 3.8) is 0 Å². The number of carbonyl (C=O) groups excluding carboxylic acids is 1. The maximum Gasteiger partial charge on any atom is 0.196 e. The molecule has 3 heterocycles. The zero-order valence-electron chi connectivity index (χ0n) is 12.3. The Morgan fingerprint density at radius 1 is 1.41 bits per heavy atom. The zero-order valence-corrected chi connectivity index (χ0v) is 13.1. The van der Waals surface area contributed by atoms with E-state index < -0.39 is 0 Å². The molecular formula is C15H15N5OS. The van der Waals surface area contributed by atoms with Crippen LogP contribution in [0.5, 0.6) is 0 Å². The number of hydrogen-bond donors (Lipinski definition) is 2. The number of nitrogens with one attached hydrogen (secondary N) is 2. The minimum Gasteiger partial charge on any atom is -0.372 e. The standard InChI is InChI=1S/C15H15N5OS/c1-3-11-10(8-21)12-13(16-2)19-15(20-14(12)18-11)22-9-5-4-6-17-7-9/h4-8H,3H2,1-2H3,(H2,16,18,19,20). The van der Waals surface area contributed by atoms with Crippen LogP contribution in [0.4, 0.5) is 5.82 Å². The summed E-state index contributed by atoms with van der Waals surface area (Å²) < 4.78 is 0. The minimum absolute atomic E-state index is 0.603. The van der Waals surface area contributed by atoms with Crippen LogP contribution in [-0.2, 0) is 6.42 Å². The molecule has 0 unspecified atom stereocenters. The van der Waals surface area contributed by atoms with Crippen molar-refractivity contribution in [1.82, 2.24) is 19.9 Å². The molecule has 0 radical (unpaired) electrons. The first-order chi connectivity index (χ1) is 10.8. The van der Waals surface area contributed by atoms with E-state index in [0.717, 1.165) is 28.7 Å². The first-order valence-corrected chi connectivity index (χ1v) is 7.71. The lowest BCUT2D eigenvalue weighted by Crippen LogP contribution is -1.98. The number of hydrogen-bond acceptors (Lipinski definition) is 6. The van der Waals surface area contributed by atoms with Crippen LogP contribution in [0.1, 0.15) is 23.0 Å². The van der Waals surface area contributed by atoms with Crippen LogP contribution >= 0.6 is 11.8 Å². The second-order valence-electron chi connectivity index (χ2n) is 4.61. The number of rotatable bonds is 5. The molecule has 22 heavy (non-hydrogen) atoms. The van der Waals surface area contributed by atoms with Gasteiger partial charge in [0.2, 0.25) is 0 Å². The molecule has 0 saturated carbocycles. The lowest BCUT2D eigenvalue weighted by Gasteiger charge is -2.05. The van der Waals surface area contributed by atoms with Crippen LogP contribution in [-0.4, -0.2) is 33.3 Å². The molecule has 0 aliphatic heterocycles. The fourth-order valence-corrected chi connectivity index (χ4v) is 3.04. The third-order valence-corrected chi connectivity index (χ3v) is 4.15. The van der Waals surface area contributed by atoms with E-state index >= 15 is 0 Å². The van der Waals surface area contributed by atoms with Crippen molar-refractivity contribution in [3.05, 3.63) is 35.8 Å². The van der Waals surface area contributed by atoms with Crippen molar-refractivity contribution in [2.75, 3.05) is 12.4 Å². The molecule has 3 aromatic heterocycles. The van der Waals surface area contributed by atoms with Gasteiger partial charge in [0.1, 0.15) is 11.5 Å². The van der Waals surface area contributed by atoms with Crippen LogP contribution in [0, 0.1) is 0 Å². The lowest BCUT2D eigenvalue weighted by molar-refractivity contribution is 0.112. The zero-order chi connectivity index (χ0) is 15.5. The van der Waals surface area contributed by atoms with E-state index in [0.29, 0.717) is 22.2 Å². The highest BCUT2D eigenvalue weighted by Crippen LogP contribution is 2.31. The molecular weight excluding hydrogens is 298 g/mol. The molecule has 112 valence electrons. The Kier molecular flexibility index (Phi) is 4.06. The molecule has 0 amide bonds. The Labute approximate surface area is 131 Å². The second kappa shape index (κ2) is 6.15. The predicted molar refractivity (Wildman–Crippen MR) is 86.6 cm³/mol. The Bertz CT molecular complexity index is 816. The largest absolute Gasteiger partial charge is 0.372 e. The van der Waals surface area contributed by atoms with Crippen LogP contribution in [0.25, 0.3) is 11.0 Å². The summed E-state index contributed by atoms with van der Waals surface area (Å²) in [6.45, 7) is 2.00. The summed E-state index contributed by atoms with van der Waals surface area (Å²) >= 11 is 1.43. The highest BCUT2D eigenvalue weighted by Gasteiger charge is 2.17. The summed E-state index contributed by atoms with van der Waals surface area (Å²) in [6.07, 6.45) is 5.08. The Hall–Kier alpha value is -2.41. The number of nitrogens with zero attached hydrogens (tertiary/aromatic N) is 3. The Morgan fingerprint density at radius 3 is 2.91 bits per heavy atom. The molecule has 0 fully saturated rings. The van der Waals surface area contributed by atoms with Crippen molar-refractivity contribution >= 4 is 34.9 Å². The maximum atomic E-state index is 11.4. The monoisotopic (exact) mass is 313 g/mol. The van der Waals surface area contributed by atoms with Gasteiger partial charge in [0.05, 0.1) is 5.39 Å². The normalized spacial score (nSPS) is 10.8. The summed E-state index contributed by atoms with van der Waals surface area (Å²) in [5.74, 6) is 0.648. The maximum absolute atomic E-state index is 11.4. The molecule has 7 heteroatoms. The quantitative estimate of drug-likeness (QED) is 0.556. The van der Waals surface area contributed by atoms with Crippen molar-refractivity contribution < 1.29 is 4.79 Å². The van der Waals surface area contributed by atoms with Crippen molar-refractivity contribution in [2.45, 2.75) is 23.4 Å². The number of pyridine rings is 1. The number of carbonyl (C=O) groups is 1. The third-order valence-electron chi connectivity index (χ3n) is 3.30. The van der Waals surface area contributed by atoms with Gasteiger partial charge in [-0.05, 0) is 30.3 Å². The van der Waals surface area contributed by atoms with Crippen LogP contribution < -0.4 is 5.32 Å². The number of aromatic amines is 1. The van der Waals surface area contributed by atoms with Crippen molar-refractivity contribution in [2.24, 2.45) is 0 Å². The molecule has 0 spiro atoms. The van der Waals surface area contributed by atoms with Gasteiger partial charge in [-0.3, -0.25) is 9.78 Å². The molecule has 0 aliphatic rings. The fraction of sp³-hybridized carbons (Fsp3) is 0.200. The highest BCUT2D eigenvalue weighted by atomic mass is 32.2. The molecule has 0 saturated heterocycles. The number of H-pyrrole nitrogens is 1. The van der Waals surface area contributed by atoms with Gasteiger partial charge in [-0.25, -0.2) is 9.97 Å². The van der Waals surface area contributed by atoms with Crippen LogP contribution in [0.2, 0.25) is 0 Å². The molecule has 0 aromatic carbocycles. The number of anilines is 1. The summed E-state index contributed by atoms with van der Waals surface area (Å²) in [5, 5.41) is 4.39. The third kappa shape index (κ3) is 2.55. The van der Waals surface area contributed by atoms with E-state index in [1.54, 1.807) is 19.4 Å². The van der Waals surface area contributed by atoms with E-state index in [2.05, 4.69) is 25.3 Å². The van der Waals surface area contributed by atoms with Crippen LogP contribution in [0.3, 0.4) is 0 Å². The average Bonchev–Trinajstić information content (AvgIpc) is 2.92.